The number of carboxylic acid groups (broad SMARTS) is 1. The lowest BCUT2D eigenvalue weighted by molar-refractivity contribution is -0.144. The summed E-state index contributed by atoms with van der Waals surface area (Å²) in [6, 6.07) is 11.4. The zero-order chi connectivity index (χ0) is 24.1. The Morgan fingerprint density at radius 2 is 1.97 bits per heavy atom. The van der Waals surface area contributed by atoms with Crippen molar-refractivity contribution < 1.29 is 33.7 Å². The third-order valence-electron chi connectivity index (χ3n) is 4.64. The molecule has 2 amide bonds. The summed E-state index contributed by atoms with van der Waals surface area (Å²) in [4.78, 5) is 38.0. The number of hydrogen-bond acceptors (Lipinski definition) is 7. The van der Waals surface area contributed by atoms with Gasteiger partial charge < -0.3 is 19.3 Å². The van der Waals surface area contributed by atoms with E-state index in [1.54, 1.807) is 30.3 Å². The van der Waals surface area contributed by atoms with Crippen LogP contribution in [-0.4, -0.2) is 47.8 Å². The number of nitrogens with zero attached hydrogens (tertiary/aromatic N) is 1. The molecule has 0 spiro atoms. The number of ether oxygens (including phenoxy) is 3. The molecule has 0 aliphatic carbocycles. The highest BCUT2D eigenvalue weighted by molar-refractivity contribution is 7.80. The van der Waals surface area contributed by atoms with Crippen molar-refractivity contribution in [1.82, 2.24) is 5.32 Å². The number of anilines is 1. The first-order chi connectivity index (χ1) is 15.7. The van der Waals surface area contributed by atoms with Crippen molar-refractivity contribution >= 4 is 46.9 Å². The second-order valence-electron chi connectivity index (χ2n) is 6.90. The van der Waals surface area contributed by atoms with Crippen LogP contribution in [0.25, 0.3) is 6.08 Å². The van der Waals surface area contributed by atoms with Gasteiger partial charge in [-0.3, -0.25) is 19.8 Å². The summed E-state index contributed by atoms with van der Waals surface area (Å²) in [5, 5.41) is 11.5. The Labute approximate surface area is 195 Å². The van der Waals surface area contributed by atoms with Crippen LogP contribution in [0.2, 0.25) is 0 Å². The molecule has 1 aliphatic rings. The number of hydrogen-bond donors (Lipinski definition) is 2. The van der Waals surface area contributed by atoms with E-state index in [0.717, 1.165) is 0 Å². The van der Waals surface area contributed by atoms with Gasteiger partial charge in [-0.2, -0.15) is 0 Å². The summed E-state index contributed by atoms with van der Waals surface area (Å²) < 4.78 is 16.1. The third-order valence-corrected chi connectivity index (χ3v) is 4.92. The highest BCUT2D eigenvalue weighted by Crippen LogP contribution is 2.31. The quantitative estimate of drug-likeness (QED) is 0.344. The minimum absolute atomic E-state index is 0.0419. The summed E-state index contributed by atoms with van der Waals surface area (Å²) in [6.45, 7) is 3.69. The number of rotatable bonds is 8. The van der Waals surface area contributed by atoms with Crippen LogP contribution >= 0.6 is 12.2 Å². The Bertz CT molecular complexity index is 1150. The van der Waals surface area contributed by atoms with Crippen LogP contribution in [0.15, 0.2) is 48.0 Å². The largest absolute Gasteiger partial charge is 0.494 e. The lowest BCUT2D eigenvalue weighted by Gasteiger charge is -2.29. The van der Waals surface area contributed by atoms with Gasteiger partial charge in [-0.15, -0.1) is 0 Å². The maximum absolute atomic E-state index is 13.2. The molecule has 2 N–H and O–H groups in total. The number of carboxylic acids is 1. The second-order valence-corrected chi connectivity index (χ2v) is 7.28. The van der Waals surface area contributed by atoms with Crippen molar-refractivity contribution in [3.8, 4) is 17.2 Å². The molecule has 2 aromatic rings. The topological polar surface area (TPSA) is 114 Å². The first kappa shape index (κ1) is 23.7. The summed E-state index contributed by atoms with van der Waals surface area (Å²) in [6.07, 6.45) is 0.307. The van der Waals surface area contributed by atoms with E-state index in [9.17, 15) is 14.4 Å². The Hall–Kier alpha value is -3.92. The fourth-order valence-electron chi connectivity index (χ4n) is 3.05. The third kappa shape index (κ3) is 5.29. The van der Waals surface area contributed by atoms with Gasteiger partial charge in [-0.1, -0.05) is 12.1 Å². The first-order valence-electron chi connectivity index (χ1n) is 9.97. The van der Waals surface area contributed by atoms with E-state index in [2.05, 4.69) is 5.32 Å². The SMILES string of the molecule is CCOc1cccc(N2C(=O)/C(=C/c3ccc(O[C@H](C)C(=O)O)c(OC)c3)C(=O)NC2=S)c1. The lowest BCUT2D eigenvalue weighted by atomic mass is 10.1. The van der Waals surface area contributed by atoms with Gasteiger partial charge in [-0.05, 0) is 62.0 Å². The van der Waals surface area contributed by atoms with Crippen LogP contribution in [0.4, 0.5) is 5.69 Å². The number of methoxy groups -OCH3 is 1. The molecule has 1 saturated heterocycles. The predicted octanol–water partition coefficient (Wildman–Crippen LogP) is 2.78. The van der Waals surface area contributed by atoms with E-state index in [1.807, 2.05) is 6.92 Å². The molecule has 0 aromatic heterocycles. The van der Waals surface area contributed by atoms with E-state index < -0.39 is 23.9 Å². The summed E-state index contributed by atoms with van der Waals surface area (Å²) in [5.74, 6) is -1.35. The van der Waals surface area contributed by atoms with Crippen LogP contribution in [0.1, 0.15) is 19.4 Å². The van der Waals surface area contributed by atoms with Crippen molar-refractivity contribution in [3.05, 3.63) is 53.6 Å². The van der Waals surface area contributed by atoms with E-state index in [1.165, 1.54) is 37.1 Å². The van der Waals surface area contributed by atoms with Crippen molar-refractivity contribution in [2.45, 2.75) is 20.0 Å². The van der Waals surface area contributed by atoms with Gasteiger partial charge >= 0.3 is 5.97 Å². The molecule has 10 heteroatoms. The number of aliphatic carboxylic acids is 1. The van der Waals surface area contributed by atoms with Crippen molar-refractivity contribution in [3.63, 3.8) is 0 Å². The van der Waals surface area contributed by atoms with Gasteiger partial charge in [0.05, 0.1) is 19.4 Å². The maximum atomic E-state index is 13.2. The molecule has 9 nitrogen and oxygen atoms in total. The highest BCUT2D eigenvalue weighted by Gasteiger charge is 2.34. The molecule has 0 saturated carbocycles. The Kier molecular flexibility index (Phi) is 7.29. The number of thiocarbonyl (C=S) groups is 1. The molecular formula is C23H22N2O7S. The standard InChI is InChI=1S/C23H22N2O7S/c1-4-31-16-7-5-6-15(12-16)25-21(27)17(20(26)24-23(25)33)10-14-8-9-18(19(11-14)30-3)32-13(2)22(28)29/h5-13H,4H2,1-3H3,(H,28,29)(H,24,26,33)/b17-10+/t13-/m1/s1. The maximum Gasteiger partial charge on any atom is 0.344 e. The number of carbonyl (C=O) groups is 3. The van der Waals surface area contributed by atoms with Crippen LogP contribution in [0.5, 0.6) is 17.2 Å². The monoisotopic (exact) mass is 470 g/mol. The number of nitrogens with one attached hydrogen (secondary N) is 1. The molecule has 1 aliphatic heterocycles. The first-order valence-corrected chi connectivity index (χ1v) is 10.4. The smallest absolute Gasteiger partial charge is 0.344 e. The molecule has 1 fully saturated rings. The summed E-state index contributed by atoms with van der Waals surface area (Å²) in [5.41, 5.74) is 0.780. The highest BCUT2D eigenvalue weighted by atomic mass is 32.1. The average Bonchev–Trinajstić information content (AvgIpc) is 2.77. The summed E-state index contributed by atoms with van der Waals surface area (Å²) >= 11 is 5.23. The Morgan fingerprint density at radius 1 is 1.21 bits per heavy atom. The van der Waals surface area contributed by atoms with E-state index >= 15 is 0 Å². The zero-order valence-corrected chi connectivity index (χ0v) is 19.0. The van der Waals surface area contributed by atoms with Crippen LogP contribution < -0.4 is 24.4 Å². The van der Waals surface area contributed by atoms with Gasteiger partial charge in [-0.25, -0.2) is 4.79 Å². The molecule has 172 valence electrons. The number of benzene rings is 2. The molecule has 33 heavy (non-hydrogen) atoms. The van der Waals surface area contributed by atoms with E-state index in [4.69, 9.17) is 31.5 Å². The molecule has 1 heterocycles. The number of carbonyl (C=O) groups excluding carboxylic acids is 2. The van der Waals surface area contributed by atoms with Gasteiger partial charge in [0.2, 0.25) is 0 Å². The van der Waals surface area contributed by atoms with Crippen LogP contribution in [0, 0.1) is 0 Å². The fraction of sp³-hybridized carbons (Fsp3) is 0.217. The van der Waals surface area contributed by atoms with Crippen LogP contribution in [0.3, 0.4) is 0 Å². The molecule has 1 atom stereocenters. The van der Waals surface area contributed by atoms with Crippen LogP contribution in [-0.2, 0) is 14.4 Å². The molecular weight excluding hydrogens is 448 g/mol. The second kappa shape index (κ2) is 10.1. The predicted molar refractivity (Wildman–Crippen MR) is 125 cm³/mol. The Morgan fingerprint density at radius 3 is 2.64 bits per heavy atom. The van der Waals surface area contributed by atoms with Crippen molar-refractivity contribution in [2.75, 3.05) is 18.6 Å². The molecule has 2 aromatic carbocycles. The van der Waals surface area contributed by atoms with Gasteiger partial charge in [0.1, 0.15) is 11.3 Å². The van der Waals surface area contributed by atoms with E-state index in [0.29, 0.717) is 23.6 Å². The minimum atomic E-state index is -1.13. The Balaban J connectivity index is 1.94. The summed E-state index contributed by atoms with van der Waals surface area (Å²) in [7, 11) is 1.40. The van der Waals surface area contributed by atoms with Crippen molar-refractivity contribution in [1.29, 1.82) is 0 Å². The molecule has 0 unspecified atom stereocenters. The zero-order valence-electron chi connectivity index (χ0n) is 18.2. The van der Waals surface area contributed by atoms with E-state index in [-0.39, 0.29) is 22.2 Å². The minimum Gasteiger partial charge on any atom is -0.494 e. The average molecular weight is 471 g/mol. The lowest BCUT2D eigenvalue weighted by Crippen LogP contribution is -2.54. The van der Waals surface area contributed by atoms with Gasteiger partial charge in [0.15, 0.2) is 22.7 Å². The van der Waals surface area contributed by atoms with Crippen molar-refractivity contribution in [2.24, 2.45) is 0 Å². The molecule has 3 rings (SSSR count). The number of amides is 2. The van der Waals surface area contributed by atoms with Gasteiger partial charge in [0.25, 0.3) is 11.8 Å². The molecule has 0 bridgehead atoms. The van der Waals surface area contributed by atoms with Gasteiger partial charge in [0, 0.05) is 6.07 Å². The normalized spacial score (nSPS) is 15.8. The fourth-order valence-corrected chi connectivity index (χ4v) is 3.33. The molecule has 0 radical (unpaired) electrons.